The molecular formula is C16H17ClFN. The van der Waals surface area contributed by atoms with Crippen molar-refractivity contribution in [3.63, 3.8) is 0 Å². The SMILES string of the molecule is Cc1ccc(CN[C@H](C)c2ccccc2Cl)cc1F. The second-order valence-corrected chi connectivity index (χ2v) is 5.11. The maximum atomic E-state index is 13.4. The lowest BCUT2D eigenvalue weighted by Gasteiger charge is -2.16. The highest BCUT2D eigenvalue weighted by molar-refractivity contribution is 6.31. The van der Waals surface area contributed by atoms with Gasteiger partial charge in [0, 0.05) is 17.6 Å². The molecule has 0 spiro atoms. The molecule has 0 aliphatic heterocycles. The van der Waals surface area contributed by atoms with Crippen LogP contribution in [0, 0.1) is 12.7 Å². The molecule has 2 aromatic carbocycles. The summed E-state index contributed by atoms with van der Waals surface area (Å²) in [5, 5.41) is 4.10. The molecule has 0 radical (unpaired) electrons. The van der Waals surface area contributed by atoms with Crippen LogP contribution in [0.2, 0.25) is 5.02 Å². The predicted molar refractivity (Wildman–Crippen MR) is 77.8 cm³/mol. The van der Waals surface area contributed by atoms with Gasteiger partial charge < -0.3 is 5.32 Å². The van der Waals surface area contributed by atoms with E-state index in [2.05, 4.69) is 5.32 Å². The van der Waals surface area contributed by atoms with Crippen LogP contribution in [0.1, 0.15) is 29.7 Å². The minimum Gasteiger partial charge on any atom is -0.306 e. The molecule has 0 amide bonds. The van der Waals surface area contributed by atoms with E-state index in [-0.39, 0.29) is 11.9 Å². The summed E-state index contributed by atoms with van der Waals surface area (Å²) in [4.78, 5) is 0. The highest BCUT2D eigenvalue weighted by atomic mass is 35.5. The lowest BCUT2D eigenvalue weighted by molar-refractivity contribution is 0.568. The highest BCUT2D eigenvalue weighted by Gasteiger charge is 2.08. The Morgan fingerprint density at radius 3 is 2.63 bits per heavy atom. The number of benzene rings is 2. The average Bonchev–Trinajstić information content (AvgIpc) is 2.40. The second-order valence-electron chi connectivity index (χ2n) is 4.71. The molecule has 0 unspecified atom stereocenters. The Labute approximate surface area is 118 Å². The Balaban J connectivity index is 2.02. The molecule has 0 aliphatic carbocycles. The average molecular weight is 278 g/mol. The Bertz CT molecular complexity index is 568. The van der Waals surface area contributed by atoms with E-state index in [1.165, 1.54) is 0 Å². The molecule has 2 aromatic rings. The molecule has 100 valence electrons. The van der Waals surface area contributed by atoms with Gasteiger partial charge in [0.2, 0.25) is 0 Å². The van der Waals surface area contributed by atoms with Crippen molar-refractivity contribution in [2.24, 2.45) is 0 Å². The summed E-state index contributed by atoms with van der Waals surface area (Å²) in [7, 11) is 0. The van der Waals surface area contributed by atoms with Crippen LogP contribution in [0.5, 0.6) is 0 Å². The van der Waals surface area contributed by atoms with Crippen molar-refractivity contribution in [2.75, 3.05) is 0 Å². The number of hydrogen-bond donors (Lipinski definition) is 1. The largest absolute Gasteiger partial charge is 0.306 e. The summed E-state index contributed by atoms with van der Waals surface area (Å²) in [6.07, 6.45) is 0. The van der Waals surface area contributed by atoms with E-state index in [0.29, 0.717) is 12.1 Å². The summed E-state index contributed by atoms with van der Waals surface area (Å²) in [5.74, 6) is -0.162. The van der Waals surface area contributed by atoms with Crippen LogP contribution in [0.15, 0.2) is 42.5 Å². The van der Waals surface area contributed by atoms with E-state index in [1.54, 1.807) is 19.1 Å². The first kappa shape index (κ1) is 14.0. The van der Waals surface area contributed by atoms with Crippen LogP contribution < -0.4 is 5.32 Å². The second kappa shape index (κ2) is 6.18. The van der Waals surface area contributed by atoms with Gasteiger partial charge in [0.05, 0.1) is 0 Å². The highest BCUT2D eigenvalue weighted by Crippen LogP contribution is 2.22. The first-order valence-corrected chi connectivity index (χ1v) is 6.68. The standard InChI is InChI=1S/C16H17ClFN/c1-11-7-8-13(9-16(11)18)10-19-12(2)14-5-3-4-6-15(14)17/h3-9,12,19H,10H2,1-2H3/t12-/m1/s1. The van der Waals surface area contributed by atoms with Crippen molar-refractivity contribution in [1.82, 2.24) is 5.32 Å². The lowest BCUT2D eigenvalue weighted by Crippen LogP contribution is -2.18. The van der Waals surface area contributed by atoms with Crippen LogP contribution in [0.25, 0.3) is 0 Å². The molecule has 0 saturated carbocycles. The maximum Gasteiger partial charge on any atom is 0.126 e. The summed E-state index contributed by atoms with van der Waals surface area (Å²) < 4.78 is 13.4. The van der Waals surface area contributed by atoms with Crippen LogP contribution in [-0.2, 0) is 6.54 Å². The van der Waals surface area contributed by atoms with Gasteiger partial charge in [-0.2, -0.15) is 0 Å². The number of rotatable bonds is 4. The molecule has 1 atom stereocenters. The van der Waals surface area contributed by atoms with Gasteiger partial charge in [-0.15, -0.1) is 0 Å². The van der Waals surface area contributed by atoms with E-state index in [1.807, 2.05) is 37.3 Å². The van der Waals surface area contributed by atoms with Crippen LogP contribution in [0.3, 0.4) is 0 Å². The number of hydrogen-bond acceptors (Lipinski definition) is 1. The number of nitrogens with one attached hydrogen (secondary N) is 1. The minimum atomic E-state index is -0.162. The van der Waals surface area contributed by atoms with Crippen molar-refractivity contribution in [2.45, 2.75) is 26.4 Å². The molecule has 0 heterocycles. The molecule has 0 aliphatic rings. The Hall–Kier alpha value is -1.38. The van der Waals surface area contributed by atoms with Crippen molar-refractivity contribution in [3.05, 3.63) is 70.0 Å². The third kappa shape index (κ3) is 3.55. The van der Waals surface area contributed by atoms with Gasteiger partial charge in [-0.25, -0.2) is 4.39 Å². The van der Waals surface area contributed by atoms with Gasteiger partial charge in [0.15, 0.2) is 0 Å². The Morgan fingerprint density at radius 2 is 1.95 bits per heavy atom. The molecular weight excluding hydrogens is 261 g/mol. The maximum absolute atomic E-state index is 13.4. The van der Waals surface area contributed by atoms with Crippen molar-refractivity contribution in [3.8, 4) is 0 Å². The van der Waals surface area contributed by atoms with Crippen molar-refractivity contribution in [1.29, 1.82) is 0 Å². The molecule has 19 heavy (non-hydrogen) atoms. The van der Waals surface area contributed by atoms with E-state index < -0.39 is 0 Å². The van der Waals surface area contributed by atoms with E-state index >= 15 is 0 Å². The van der Waals surface area contributed by atoms with Crippen LogP contribution >= 0.6 is 11.6 Å². The van der Waals surface area contributed by atoms with Crippen LogP contribution in [-0.4, -0.2) is 0 Å². The summed E-state index contributed by atoms with van der Waals surface area (Å²) >= 11 is 6.15. The quantitative estimate of drug-likeness (QED) is 0.858. The normalized spacial score (nSPS) is 12.4. The Kier molecular flexibility index (Phi) is 4.56. The van der Waals surface area contributed by atoms with Gasteiger partial charge in [-0.05, 0) is 42.7 Å². The van der Waals surface area contributed by atoms with Gasteiger partial charge in [0.1, 0.15) is 5.82 Å². The zero-order valence-corrected chi connectivity index (χ0v) is 11.8. The zero-order valence-electron chi connectivity index (χ0n) is 11.1. The monoisotopic (exact) mass is 277 g/mol. The summed E-state index contributed by atoms with van der Waals surface area (Å²) in [6.45, 7) is 4.42. The third-order valence-electron chi connectivity index (χ3n) is 3.22. The fourth-order valence-electron chi connectivity index (χ4n) is 1.95. The minimum absolute atomic E-state index is 0.123. The molecule has 1 N–H and O–H groups in total. The molecule has 0 aromatic heterocycles. The van der Waals surface area contributed by atoms with E-state index in [4.69, 9.17) is 11.6 Å². The van der Waals surface area contributed by atoms with E-state index in [0.717, 1.165) is 16.1 Å². The van der Waals surface area contributed by atoms with Crippen molar-refractivity contribution < 1.29 is 4.39 Å². The first-order chi connectivity index (χ1) is 9.08. The zero-order chi connectivity index (χ0) is 13.8. The van der Waals surface area contributed by atoms with E-state index in [9.17, 15) is 4.39 Å². The molecule has 2 rings (SSSR count). The van der Waals surface area contributed by atoms with Gasteiger partial charge in [0.25, 0.3) is 0 Å². The smallest absolute Gasteiger partial charge is 0.126 e. The van der Waals surface area contributed by atoms with Crippen LogP contribution in [0.4, 0.5) is 4.39 Å². The third-order valence-corrected chi connectivity index (χ3v) is 3.56. The van der Waals surface area contributed by atoms with Gasteiger partial charge in [-0.3, -0.25) is 0 Å². The van der Waals surface area contributed by atoms with Gasteiger partial charge in [-0.1, -0.05) is 41.9 Å². The summed E-state index contributed by atoms with van der Waals surface area (Å²) in [5.41, 5.74) is 2.65. The first-order valence-electron chi connectivity index (χ1n) is 6.31. The molecule has 0 bridgehead atoms. The van der Waals surface area contributed by atoms with Crippen molar-refractivity contribution >= 4 is 11.6 Å². The fraction of sp³-hybridized carbons (Fsp3) is 0.250. The topological polar surface area (TPSA) is 12.0 Å². The molecule has 0 saturated heterocycles. The number of halogens is 2. The number of aryl methyl sites for hydroxylation is 1. The molecule has 1 nitrogen and oxygen atoms in total. The Morgan fingerprint density at radius 1 is 1.21 bits per heavy atom. The van der Waals surface area contributed by atoms with Gasteiger partial charge >= 0.3 is 0 Å². The predicted octanol–water partition coefficient (Wildman–Crippen LogP) is 4.64. The molecule has 0 fully saturated rings. The fourth-order valence-corrected chi connectivity index (χ4v) is 2.25. The lowest BCUT2D eigenvalue weighted by atomic mass is 10.1. The summed E-state index contributed by atoms with van der Waals surface area (Å²) in [6, 6.07) is 13.2. The molecule has 3 heteroatoms.